The van der Waals surface area contributed by atoms with E-state index in [1.807, 2.05) is 37.3 Å². The molecular formula is C17H21N3O3. The van der Waals surface area contributed by atoms with E-state index in [9.17, 15) is 14.9 Å². The lowest BCUT2D eigenvalue weighted by Crippen LogP contribution is -2.58. The van der Waals surface area contributed by atoms with Crippen molar-refractivity contribution in [2.45, 2.75) is 44.9 Å². The fourth-order valence-electron chi connectivity index (χ4n) is 2.71. The van der Waals surface area contributed by atoms with Crippen molar-refractivity contribution in [3.63, 3.8) is 0 Å². The number of carbonyl (C=O) groups is 2. The standard InChI is InChI=1S/C17H21N3O3/c1-2-7-15(21)20-11-6-10-17(20,13-18)19-16(22)23-12-14-8-4-3-5-9-14/h3-5,8-9H,2,6-7,10-12H2,1H3,(H,19,22). The first-order valence-corrected chi connectivity index (χ1v) is 7.82. The van der Waals surface area contributed by atoms with E-state index in [1.54, 1.807) is 0 Å². The molecule has 6 nitrogen and oxygen atoms in total. The van der Waals surface area contributed by atoms with E-state index in [2.05, 4.69) is 11.4 Å². The molecule has 1 aromatic rings. The van der Waals surface area contributed by atoms with Gasteiger partial charge in [-0.2, -0.15) is 5.26 Å². The van der Waals surface area contributed by atoms with Gasteiger partial charge in [0.15, 0.2) is 0 Å². The lowest BCUT2D eigenvalue weighted by molar-refractivity contribution is -0.134. The molecule has 1 atom stereocenters. The number of nitrogens with zero attached hydrogens (tertiary/aromatic N) is 2. The topological polar surface area (TPSA) is 82.4 Å². The number of nitrogens with one attached hydrogen (secondary N) is 1. The van der Waals surface area contributed by atoms with Crippen LogP contribution in [0.3, 0.4) is 0 Å². The Morgan fingerprint density at radius 2 is 2.13 bits per heavy atom. The molecule has 1 fully saturated rings. The Labute approximate surface area is 136 Å². The van der Waals surface area contributed by atoms with Crippen LogP contribution in [-0.4, -0.2) is 29.1 Å². The van der Waals surface area contributed by atoms with Gasteiger partial charge in [0, 0.05) is 19.4 Å². The predicted octanol–water partition coefficient (Wildman–Crippen LogP) is 2.56. The van der Waals surface area contributed by atoms with Crippen LogP contribution in [0.25, 0.3) is 0 Å². The molecule has 1 aliphatic rings. The van der Waals surface area contributed by atoms with Crippen molar-refractivity contribution in [1.82, 2.24) is 10.2 Å². The zero-order valence-corrected chi connectivity index (χ0v) is 13.2. The van der Waals surface area contributed by atoms with Gasteiger partial charge in [-0.15, -0.1) is 0 Å². The normalized spacial score (nSPS) is 19.9. The van der Waals surface area contributed by atoms with Gasteiger partial charge in [0.2, 0.25) is 11.6 Å². The smallest absolute Gasteiger partial charge is 0.410 e. The predicted molar refractivity (Wildman–Crippen MR) is 84.0 cm³/mol. The molecule has 0 spiro atoms. The van der Waals surface area contributed by atoms with Crippen LogP contribution in [0.1, 0.15) is 38.2 Å². The number of benzene rings is 1. The van der Waals surface area contributed by atoms with Crippen molar-refractivity contribution in [3.8, 4) is 6.07 Å². The van der Waals surface area contributed by atoms with Crippen molar-refractivity contribution in [2.24, 2.45) is 0 Å². The maximum absolute atomic E-state index is 12.2. The van der Waals surface area contributed by atoms with Gasteiger partial charge in [-0.1, -0.05) is 37.3 Å². The molecule has 23 heavy (non-hydrogen) atoms. The van der Waals surface area contributed by atoms with Crippen LogP contribution in [0.2, 0.25) is 0 Å². The van der Waals surface area contributed by atoms with Gasteiger partial charge in [0.25, 0.3) is 0 Å². The lowest BCUT2D eigenvalue weighted by atomic mass is 10.1. The average Bonchev–Trinajstić information content (AvgIpc) is 2.98. The minimum atomic E-state index is -1.29. The summed E-state index contributed by atoms with van der Waals surface area (Å²) in [5, 5.41) is 12.1. The van der Waals surface area contributed by atoms with Gasteiger partial charge in [0.1, 0.15) is 12.7 Å². The van der Waals surface area contributed by atoms with E-state index in [4.69, 9.17) is 4.74 Å². The molecule has 2 rings (SSSR count). The minimum Gasteiger partial charge on any atom is -0.445 e. The monoisotopic (exact) mass is 315 g/mol. The second-order valence-corrected chi connectivity index (χ2v) is 5.56. The van der Waals surface area contributed by atoms with E-state index in [0.29, 0.717) is 32.2 Å². The molecule has 1 aromatic carbocycles. The van der Waals surface area contributed by atoms with Crippen molar-refractivity contribution in [3.05, 3.63) is 35.9 Å². The molecule has 0 bridgehead atoms. The molecule has 2 amide bonds. The summed E-state index contributed by atoms with van der Waals surface area (Å²) >= 11 is 0. The summed E-state index contributed by atoms with van der Waals surface area (Å²) in [7, 11) is 0. The molecule has 1 N–H and O–H groups in total. The maximum atomic E-state index is 12.2. The molecule has 6 heteroatoms. The number of rotatable bonds is 5. The number of amides is 2. The number of alkyl carbamates (subject to hydrolysis) is 1. The van der Waals surface area contributed by atoms with Crippen LogP contribution < -0.4 is 5.32 Å². The highest BCUT2D eigenvalue weighted by Gasteiger charge is 2.45. The van der Waals surface area contributed by atoms with Gasteiger partial charge < -0.3 is 9.64 Å². The molecular weight excluding hydrogens is 294 g/mol. The highest BCUT2D eigenvalue weighted by atomic mass is 16.5. The van der Waals surface area contributed by atoms with Crippen LogP contribution in [0.15, 0.2) is 30.3 Å². The van der Waals surface area contributed by atoms with E-state index >= 15 is 0 Å². The van der Waals surface area contributed by atoms with Crippen molar-refractivity contribution in [2.75, 3.05) is 6.54 Å². The Bertz CT molecular complexity index is 597. The minimum absolute atomic E-state index is 0.116. The van der Waals surface area contributed by atoms with Gasteiger partial charge in [0.05, 0.1) is 0 Å². The molecule has 122 valence electrons. The zero-order valence-electron chi connectivity index (χ0n) is 13.2. The Morgan fingerprint density at radius 1 is 1.39 bits per heavy atom. The SMILES string of the molecule is CCCC(=O)N1CCCC1(C#N)NC(=O)OCc1ccccc1. The van der Waals surface area contributed by atoms with Gasteiger partial charge in [-0.25, -0.2) is 4.79 Å². The van der Waals surface area contributed by atoms with Gasteiger partial charge in [-0.05, 0) is 18.4 Å². The van der Waals surface area contributed by atoms with E-state index in [-0.39, 0.29) is 12.5 Å². The maximum Gasteiger partial charge on any atom is 0.410 e. The third-order valence-electron chi connectivity index (χ3n) is 3.85. The summed E-state index contributed by atoms with van der Waals surface area (Å²) in [5.41, 5.74) is -0.431. The highest BCUT2D eigenvalue weighted by Crippen LogP contribution is 2.27. The fourth-order valence-corrected chi connectivity index (χ4v) is 2.71. The van der Waals surface area contributed by atoms with Crippen molar-refractivity contribution in [1.29, 1.82) is 5.26 Å². The lowest BCUT2D eigenvalue weighted by Gasteiger charge is -2.32. The number of likely N-dealkylation sites (tertiary alicyclic amines) is 1. The number of hydrogen-bond acceptors (Lipinski definition) is 4. The van der Waals surface area contributed by atoms with Crippen LogP contribution in [0, 0.1) is 11.3 Å². The summed E-state index contributed by atoms with van der Waals surface area (Å²) < 4.78 is 5.17. The molecule has 1 heterocycles. The zero-order chi connectivity index (χ0) is 16.7. The van der Waals surface area contributed by atoms with E-state index in [1.165, 1.54) is 4.90 Å². The third-order valence-corrected chi connectivity index (χ3v) is 3.85. The first kappa shape index (κ1) is 16.8. The number of hydrogen-bond donors (Lipinski definition) is 1. The molecule has 0 saturated carbocycles. The summed E-state index contributed by atoms with van der Waals surface area (Å²) in [6, 6.07) is 11.4. The van der Waals surface area contributed by atoms with Gasteiger partial charge >= 0.3 is 6.09 Å². The Kier molecular flexibility index (Phi) is 5.58. The molecule has 1 saturated heterocycles. The van der Waals surface area contributed by atoms with E-state index in [0.717, 1.165) is 5.56 Å². The first-order chi connectivity index (χ1) is 11.1. The fraction of sp³-hybridized carbons (Fsp3) is 0.471. The summed E-state index contributed by atoms with van der Waals surface area (Å²) in [5.74, 6) is -0.116. The summed E-state index contributed by atoms with van der Waals surface area (Å²) in [6.45, 7) is 2.51. The van der Waals surface area contributed by atoms with Crippen molar-refractivity contribution < 1.29 is 14.3 Å². The summed E-state index contributed by atoms with van der Waals surface area (Å²) in [6.07, 6.45) is 1.48. The second kappa shape index (κ2) is 7.63. The van der Waals surface area contributed by atoms with Crippen LogP contribution >= 0.6 is 0 Å². The number of nitriles is 1. The highest BCUT2D eigenvalue weighted by molar-refractivity contribution is 5.79. The summed E-state index contributed by atoms with van der Waals surface area (Å²) in [4.78, 5) is 25.7. The van der Waals surface area contributed by atoms with Crippen LogP contribution in [-0.2, 0) is 16.1 Å². The first-order valence-electron chi connectivity index (χ1n) is 7.82. The van der Waals surface area contributed by atoms with Gasteiger partial charge in [-0.3, -0.25) is 10.1 Å². The largest absolute Gasteiger partial charge is 0.445 e. The molecule has 0 aromatic heterocycles. The Hall–Kier alpha value is -2.55. The quantitative estimate of drug-likeness (QED) is 0.905. The second-order valence-electron chi connectivity index (χ2n) is 5.56. The molecule has 0 radical (unpaired) electrons. The molecule has 1 aliphatic heterocycles. The third kappa shape index (κ3) is 4.01. The molecule has 0 aliphatic carbocycles. The van der Waals surface area contributed by atoms with Crippen LogP contribution in [0.4, 0.5) is 4.79 Å². The van der Waals surface area contributed by atoms with Crippen molar-refractivity contribution >= 4 is 12.0 Å². The number of ether oxygens (including phenoxy) is 1. The average molecular weight is 315 g/mol. The van der Waals surface area contributed by atoms with Crippen LogP contribution in [0.5, 0.6) is 0 Å². The van der Waals surface area contributed by atoms with E-state index < -0.39 is 11.8 Å². The number of carbonyl (C=O) groups excluding carboxylic acids is 2. The Morgan fingerprint density at radius 3 is 2.78 bits per heavy atom. The molecule has 1 unspecified atom stereocenters. The Balaban J connectivity index is 1.98.